The van der Waals surface area contributed by atoms with Crippen LogP contribution in [-0.2, 0) is 119 Å². The highest BCUT2D eigenvalue weighted by Crippen LogP contribution is 2.52. The summed E-state index contributed by atoms with van der Waals surface area (Å²) in [7, 11) is 9.31. The summed E-state index contributed by atoms with van der Waals surface area (Å²) in [6.07, 6.45) is 29.6. The number of carbonyl (C=O) groups is 3. The summed E-state index contributed by atoms with van der Waals surface area (Å²) in [4.78, 5) is 51.4. The van der Waals surface area contributed by atoms with Gasteiger partial charge >= 0.3 is 11.9 Å². The van der Waals surface area contributed by atoms with Crippen molar-refractivity contribution in [3.05, 3.63) is 119 Å². The molecule has 6 N–H and O–H groups in total. The van der Waals surface area contributed by atoms with Crippen LogP contribution < -0.4 is 5.90 Å². The summed E-state index contributed by atoms with van der Waals surface area (Å²) in [5, 5.41) is 50.6. The molecule has 0 aromatic rings. The molecule has 2 spiro atoms. The van der Waals surface area contributed by atoms with Crippen LogP contribution in [0.5, 0.6) is 0 Å². The summed E-state index contributed by atoms with van der Waals surface area (Å²) >= 11 is 0. The van der Waals surface area contributed by atoms with Gasteiger partial charge in [-0.15, -0.1) is 12.4 Å². The SMILES string of the molecule is CO/N=C1\C(C)=C[C@H]2C(=O)O[C@H]3C[C@@H](C/C=C(\C)[C@@H](O[C@H]4C[C@H](OC)[C@@H](O[C@H]5C[C@H](OC)[C@@H](O)[C@H](C)O5)[C@H](C)O4)[C@@H](C)/C=C/C=C4\CO[C@H]1[C@@]42O)O[C@@]1(C=C[C@H](C)[C@@H](C2CCCCC2)O1)C3.CON.CO[C@H]1C[C@H](O[C@H]2[C@H](C)O[C@@H](O[C@@H]3/C(C)=C/C[C@@H]4C[C@@H](C[C@]5(C=C[C@H](C)[C@@H](C6CCCCC6)O5)O4)OC(=O)[C@@H]4C=C(C)C(=O)[C@H]5OC/C(=C\C=C\[C@@H]3C)[C@]54O)C[C@@H]2OC)O[C@@H](C)[C@@H]1O.Cl. The summed E-state index contributed by atoms with van der Waals surface area (Å²) in [6, 6.07) is 0. The Kier molecular flexibility index (Phi) is 37.0. The number of aliphatic hydroxyl groups excluding tert-OH is 2. The van der Waals surface area contributed by atoms with Crippen LogP contribution in [0.2, 0.25) is 0 Å². The van der Waals surface area contributed by atoms with Gasteiger partial charge in [0.2, 0.25) is 0 Å². The lowest BCUT2D eigenvalue weighted by Crippen LogP contribution is -2.57. The number of methoxy groups -OCH3 is 4. The van der Waals surface area contributed by atoms with E-state index in [1.165, 1.54) is 58.8 Å². The average Bonchev–Trinajstić information content (AvgIpc) is 1.58. The molecule has 134 heavy (non-hydrogen) atoms. The number of rotatable bonds is 15. The van der Waals surface area contributed by atoms with Crippen LogP contribution in [0.4, 0.5) is 0 Å². The summed E-state index contributed by atoms with van der Waals surface area (Å²) in [5.41, 5.74) is 0.597. The van der Waals surface area contributed by atoms with Crippen molar-refractivity contribution >= 4 is 35.8 Å². The van der Waals surface area contributed by atoms with Crippen LogP contribution in [-0.4, -0.2) is 282 Å². The first-order valence-electron chi connectivity index (χ1n) is 48.9. The van der Waals surface area contributed by atoms with Gasteiger partial charge in [0.25, 0.3) is 0 Å². The maximum absolute atomic E-state index is 14.6. The van der Waals surface area contributed by atoms with Crippen LogP contribution >= 0.6 is 12.4 Å². The number of nitrogens with zero attached hydrogens (tertiary/aromatic N) is 1. The summed E-state index contributed by atoms with van der Waals surface area (Å²) in [5.74, 6) is -0.744. The Balaban J connectivity index is 0.000000219. The van der Waals surface area contributed by atoms with Crippen LogP contribution in [0.25, 0.3) is 0 Å². The summed E-state index contributed by atoms with van der Waals surface area (Å²) in [6.45, 7) is 23.7. The molecular formula is C102H153ClN2O29. The number of hydrogen-bond donors (Lipinski definition) is 5. The first kappa shape index (κ1) is 106. The lowest BCUT2D eigenvalue weighted by molar-refractivity contribution is -0.318. The fourth-order valence-electron chi connectivity index (χ4n) is 23.3. The third-order valence-electron chi connectivity index (χ3n) is 30.7. The lowest BCUT2D eigenvalue weighted by Gasteiger charge is -2.49. The molecule has 12 heterocycles. The van der Waals surface area contributed by atoms with Crippen LogP contribution in [0, 0.1) is 47.3 Å². The second-order valence-electron chi connectivity index (χ2n) is 40.1. The minimum absolute atomic E-state index is 0. The highest BCUT2D eigenvalue weighted by atomic mass is 35.5. The first-order chi connectivity index (χ1) is 63.7. The van der Waals surface area contributed by atoms with E-state index in [9.17, 15) is 34.8 Å². The molecule has 0 aromatic carbocycles. The van der Waals surface area contributed by atoms with Crippen molar-refractivity contribution < 1.29 is 139 Å². The Morgan fingerprint density at radius 3 is 1.25 bits per heavy atom. The normalized spacial score (nSPS) is 46.5. The minimum Gasteiger partial charge on any atom is -0.462 e. The third kappa shape index (κ3) is 23.6. The monoisotopic (exact) mass is 1910 g/mol. The molecule has 0 aromatic heterocycles. The van der Waals surface area contributed by atoms with Gasteiger partial charge in [-0.25, -0.2) is 5.90 Å². The number of hydrogen-bond acceptors (Lipinski definition) is 31. The Labute approximate surface area is 797 Å². The predicted molar refractivity (Wildman–Crippen MR) is 495 cm³/mol. The molecule has 0 radical (unpaired) electrons. The fourth-order valence-corrected chi connectivity index (χ4v) is 23.3. The van der Waals surface area contributed by atoms with Crippen molar-refractivity contribution in [3.8, 4) is 0 Å². The molecule has 32 heteroatoms. The van der Waals surface area contributed by atoms with Gasteiger partial charge in [-0.1, -0.05) is 144 Å². The van der Waals surface area contributed by atoms with Crippen LogP contribution in [0.15, 0.2) is 124 Å². The zero-order chi connectivity index (χ0) is 95.1. The molecule has 8 saturated heterocycles. The van der Waals surface area contributed by atoms with Gasteiger partial charge in [0.05, 0.1) is 106 Å². The van der Waals surface area contributed by atoms with Crippen molar-refractivity contribution in [3.63, 3.8) is 0 Å². The third-order valence-corrected chi connectivity index (χ3v) is 30.7. The zero-order valence-corrected chi connectivity index (χ0v) is 82.5. The topological polar surface area (TPSA) is 374 Å². The van der Waals surface area contributed by atoms with E-state index in [0.717, 1.165) is 36.8 Å². The maximum Gasteiger partial charge on any atom is 0.316 e. The molecule has 0 amide bonds. The molecule has 10 fully saturated rings. The van der Waals surface area contributed by atoms with Gasteiger partial charge in [0.1, 0.15) is 78.6 Å². The van der Waals surface area contributed by atoms with E-state index in [4.69, 9.17) is 99.6 Å². The quantitative estimate of drug-likeness (QED) is 0.0577. The zero-order valence-electron chi connectivity index (χ0n) is 81.7. The van der Waals surface area contributed by atoms with Crippen molar-refractivity contribution in [1.29, 1.82) is 0 Å². The van der Waals surface area contributed by atoms with Crippen LogP contribution in [0.3, 0.4) is 0 Å². The number of nitrogens with two attached hydrogens (primary N) is 1. The van der Waals surface area contributed by atoms with E-state index < -0.39 is 169 Å². The van der Waals surface area contributed by atoms with Gasteiger partial charge in [-0.2, -0.15) is 0 Å². The lowest BCUT2D eigenvalue weighted by atomic mass is 9.71. The highest BCUT2D eigenvalue weighted by Gasteiger charge is 2.63. The molecule has 31 nitrogen and oxygen atoms in total. The molecule has 16 rings (SSSR count). The number of Topliss-reactive ketones (excluding diaryl/α,β-unsaturated/α-hetero) is 1. The minimum atomic E-state index is -1.93. The average molecular weight is 1910 g/mol. The van der Waals surface area contributed by atoms with Gasteiger partial charge in [0.15, 0.2) is 48.6 Å². The van der Waals surface area contributed by atoms with Gasteiger partial charge in [-0.05, 0) is 151 Å². The standard InChI is InChI=1S/C51H75NO14.C50H72O14.CH5NO.ClH/c1-28-14-13-17-35-27-59-48-43(52-58-9)31(4)22-38(51(35,48)55)49(54)62-37-23-36(65-50(26-37)21-20-30(3)46(66-50)34-15-11-10-12-16-34)19-18-29(2)45(28)63-42-25-40(57-8)47(33(6)61-42)64-41-24-39(56-7)44(53)32(5)60-41;1-27-13-12-16-34-26-57-47-42(51)30(4)21-37(50(34,47)54)48(53)60-36-22-35(63-49(25-36)20-19-29(3)45(64-49)33-14-10-9-11-15-33)18-17-28(2)44(27)61-41-24-39(56-8)46(32(6)59-41)62-40-23-38(55-7)43(52)31(5)58-40;1-3-2;/h13-14,17-18,20-22,28,30,32-34,36-42,44-48,53,55H,10-12,15-16,19,23-27H2,1-9H3;12-13,16-17,19-21,27,29,31-33,35-41,43-47,52,54H,9-11,14-15,18,22-26H2,1-8H3;2H2,1H3;1H/b14-13+,29-18+,35-17+,52-43+;13-12+,28-17+,34-16+;;/t28-,30-,32-,33-,36+,37-,38-,39-,40-,41-,42-,44-,45-,46-,47-,48+,50+,51+;27-,29-,31-,32-,35+,36-,37-,38-,39-,40-,41-,43-,44-,45-,46-,47+,49+,50+;;/m00../s1. The maximum atomic E-state index is 14.6. The molecule has 12 aliphatic heterocycles. The Hall–Kier alpha value is -5.19. The molecule has 0 unspecified atom stereocenters. The first-order valence-corrected chi connectivity index (χ1v) is 48.9. The van der Waals surface area contributed by atoms with E-state index in [2.05, 4.69) is 74.8 Å². The number of esters is 2. The Morgan fingerprint density at radius 1 is 0.455 bits per heavy atom. The largest absolute Gasteiger partial charge is 0.462 e. The van der Waals surface area contributed by atoms with E-state index in [-0.39, 0.29) is 91.7 Å². The highest BCUT2D eigenvalue weighted by molar-refractivity contribution is 6.07. The number of oxime groups is 1. The number of fused-ring (bicyclic) bond motifs is 4. The molecule has 752 valence electrons. The number of halogens is 1. The van der Waals surface area contributed by atoms with E-state index >= 15 is 0 Å². The van der Waals surface area contributed by atoms with Crippen molar-refractivity contribution in [1.82, 2.24) is 0 Å². The van der Waals surface area contributed by atoms with Crippen molar-refractivity contribution in [2.45, 2.75) is 394 Å². The van der Waals surface area contributed by atoms with E-state index in [1.807, 2.05) is 70.2 Å². The second-order valence-corrected chi connectivity index (χ2v) is 40.1. The number of aliphatic hydroxyl groups is 4. The van der Waals surface area contributed by atoms with Crippen molar-refractivity contribution in [2.75, 3.05) is 55.9 Å². The Bertz CT molecular complexity index is 4290. The molecule has 36 atom stereocenters. The molecule has 2 saturated carbocycles. The van der Waals surface area contributed by atoms with E-state index in [1.54, 1.807) is 61.4 Å². The van der Waals surface area contributed by atoms with Gasteiger partial charge in [0, 0.05) is 103 Å². The Morgan fingerprint density at radius 2 is 0.836 bits per heavy atom. The van der Waals surface area contributed by atoms with Crippen molar-refractivity contribution in [2.24, 2.45) is 58.4 Å². The number of carbonyl (C=O) groups excluding carboxylic acids is 3. The molecule has 4 aliphatic carbocycles. The van der Waals surface area contributed by atoms with E-state index in [0.29, 0.717) is 104 Å². The second kappa shape index (κ2) is 46.7. The molecular weight excluding hydrogens is 1750 g/mol. The van der Waals surface area contributed by atoms with Crippen LogP contribution in [0.1, 0.15) is 212 Å². The number of ether oxygens (including phenoxy) is 20. The number of allylic oxidation sites excluding steroid dienone is 4. The predicted octanol–water partition coefficient (Wildman–Crippen LogP) is 12.6. The summed E-state index contributed by atoms with van der Waals surface area (Å²) < 4.78 is 129. The van der Waals surface area contributed by atoms with Gasteiger partial charge in [-0.3, -0.25) is 14.4 Å². The number of ketones is 1. The van der Waals surface area contributed by atoms with Gasteiger partial charge < -0.3 is 125 Å². The fraction of sp³-hybridized carbons (Fsp3) is 0.765. The molecule has 16 aliphatic rings. The smallest absolute Gasteiger partial charge is 0.316 e. The molecule has 4 bridgehead atoms.